The average molecular weight is 349 g/mol. The van der Waals surface area contributed by atoms with Gasteiger partial charge >= 0.3 is 11.9 Å². The first kappa shape index (κ1) is 19.9. The zero-order valence-electron chi connectivity index (χ0n) is 13.2. The highest BCUT2D eigenvalue weighted by atomic mass is 16.5. The number of nitrogen functional groups attached to an aromatic ring is 1. The van der Waals surface area contributed by atoms with Crippen molar-refractivity contribution in [2.45, 2.75) is 6.10 Å². The molecule has 0 spiro atoms. The van der Waals surface area contributed by atoms with Gasteiger partial charge in [-0.2, -0.15) is 0 Å². The molecule has 134 valence electrons. The number of esters is 1. The van der Waals surface area contributed by atoms with Crippen molar-refractivity contribution in [3.05, 3.63) is 59.7 Å². The van der Waals surface area contributed by atoms with Gasteiger partial charge in [0, 0.05) is 5.69 Å². The number of carboxylic acids is 1. The zero-order valence-corrected chi connectivity index (χ0v) is 13.2. The predicted molar refractivity (Wildman–Crippen MR) is 89.3 cm³/mol. The van der Waals surface area contributed by atoms with E-state index in [1.165, 1.54) is 18.2 Å². The van der Waals surface area contributed by atoms with Gasteiger partial charge in [-0.15, -0.1) is 0 Å². The minimum atomic E-state index is -1.11. The molecule has 0 saturated carbocycles. The molecule has 0 aliphatic carbocycles. The lowest BCUT2D eigenvalue weighted by atomic mass is 10.2. The molecule has 0 aromatic heterocycles. The highest BCUT2D eigenvalue weighted by Crippen LogP contribution is 2.14. The van der Waals surface area contributed by atoms with Crippen LogP contribution in [0.4, 0.5) is 5.69 Å². The van der Waals surface area contributed by atoms with E-state index >= 15 is 0 Å². The van der Waals surface area contributed by atoms with E-state index < -0.39 is 24.6 Å². The molecule has 0 radical (unpaired) electrons. The SMILES string of the molecule is Nc1ccccc1C(=O)OCC(O)CO.O=C(O)c1ccccc1O. The topological polar surface area (TPSA) is 150 Å². The van der Waals surface area contributed by atoms with Crippen molar-refractivity contribution in [1.29, 1.82) is 0 Å². The monoisotopic (exact) mass is 349 g/mol. The first-order valence-electron chi connectivity index (χ1n) is 7.18. The zero-order chi connectivity index (χ0) is 18.8. The highest BCUT2D eigenvalue weighted by Gasteiger charge is 2.12. The van der Waals surface area contributed by atoms with Crippen LogP contribution in [0.5, 0.6) is 5.75 Å². The Morgan fingerprint density at radius 1 is 1.04 bits per heavy atom. The Balaban J connectivity index is 0.000000271. The van der Waals surface area contributed by atoms with E-state index in [0.29, 0.717) is 5.69 Å². The number of hydrogen-bond donors (Lipinski definition) is 5. The van der Waals surface area contributed by atoms with Gasteiger partial charge < -0.3 is 30.9 Å². The maximum Gasteiger partial charge on any atom is 0.340 e. The van der Waals surface area contributed by atoms with Crippen LogP contribution in [0.2, 0.25) is 0 Å². The van der Waals surface area contributed by atoms with Crippen LogP contribution in [0.3, 0.4) is 0 Å². The number of phenols is 1. The summed E-state index contributed by atoms with van der Waals surface area (Å²) < 4.78 is 4.73. The third-order valence-corrected chi connectivity index (χ3v) is 2.93. The minimum Gasteiger partial charge on any atom is -0.507 e. The number of anilines is 1. The van der Waals surface area contributed by atoms with Gasteiger partial charge in [0.05, 0.1) is 12.2 Å². The third kappa shape index (κ3) is 6.50. The normalized spacial score (nSPS) is 11.0. The second kappa shape index (κ2) is 9.91. The minimum absolute atomic E-state index is 0.0671. The van der Waals surface area contributed by atoms with E-state index in [-0.39, 0.29) is 23.5 Å². The number of carboxylic acid groups (broad SMARTS) is 1. The number of para-hydroxylation sites is 2. The van der Waals surface area contributed by atoms with Crippen LogP contribution in [0.15, 0.2) is 48.5 Å². The van der Waals surface area contributed by atoms with E-state index in [1.54, 1.807) is 30.3 Å². The molecule has 1 unspecified atom stereocenters. The Morgan fingerprint density at radius 2 is 1.60 bits per heavy atom. The van der Waals surface area contributed by atoms with Crippen molar-refractivity contribution in [3.63, 3.8) is 0 Å². The molecule has 0 heterocycles. The predicted octanol–water partition coefficient (Wildman–Crippen LogP) is 0.869. The van der Waals surface area contributed by atoms with Crippen molar-refractivity contribution in [2.75, 3.05) is 18.9 Å². The number of hydrogen-bond acceptors (Lipinski definition) is 7. The Bertz CT molecular complexity index is 718. The van der Waals surface area contributed by atoms with Crippen molar-refractivity contribution < 1.29 is 34.8 Å². The van der Waals surface area contributed by atoms with Gasteiger partial charge in [0.1, 0.15) is 24.0 Å². The van der Waals surface area contributed by atoms with Gasteiger partial charge in [0.25, 0.3) is 0 Å². The summed E-state index contributed by atoms with van der Waals surface area (Å²) in [7, 11) is 0. The highest BCUT2D eigenvalue weighted by molar-refractivity contribution is 5.95. The largest absolute Gasteiger partial charge is 0.507 e. The summed E-state index contributed by atoms with van der Waals surface area (Å²) in [4.78, 5) is 21.7. The maximum atomic E-state index is 11.4. The number of aliphatic hydroxyl groups excluding tert-OH is 2. The summed E-state index contributed by atoms with van der Waals surface area (Å²) in [6.07, 6.45) is -1.06. The standard InChI is InChI=1S/C10H13NO4.C7H6O3/c11-9-4-2-1-3-8(9)10(14)15-6-7(13)5-12;8-6-4-2-1-3-5(6)7(9)10/h1-4,7,12-13H,5-6,11H2;1-4,8H,(H,9,10). The summed E-state index contributed by atoms with van der Waals surface area (Å²) in [6, 6.07) is 12.3. The number of ether oxygens (including phenoxy) is 1. The Hall–Kier alpha value is -3.10. The summed E-state index contributed by atoms with van der Waals surface area (Å²) in [5.74, 6) is -1.92. The van der Waals surface area contributed by atoms with Crippen LogP contribution in [-0.2, 0) is 4.74 Å². The van der Waals surface area contributed by atoms with Crippen LogP contribution < -0.4 is 5.73 Å². The summed E-state index contributed by atoms with van der Waals surface area (Å²) in [5.41, 5.74) is 6.05. The fraction of sp³-hybridized carbons (Fsp3) is 0.176. The molecular formula is C17H19NO7. The molecule has 8 heteroatoms. The molecule has 25 heavy (non-hydrogen) atoms. The molecule has 0 aliphatic rings. The summed E-state index contributed by atoms with van der Waals surface area (Å²) in [5, 5.41) is 34.8. The van der Waals surface area contributed by atoms with Gasteiger partial charge in [-0.05, 0) is 24.3 Å². The maximum absolute atomic E-state index is 11.4. The fourth-order valence-electron chi connectivity index (χ4n) is 1.64. The molecule has 1 atom stereocenters. The van der Waals surface area contributed by atoms with Crippen molar-refractivity contribution in [2.24, 2.45) is 0 Å². The number of rotatable bonds is 5. The van der Waals surface area contributed by atoms with Gasteiger partial charge in [-0.3, -0.25) is 0 Å². The summed E-state index contributed by atoms with van der Waals surface area (Å²) >= 11 is 0. The van der Waals surface area contributed by atoms with E-state index in [0.717, 1.165) is 0 Å². The lowest BCUT2D eigenvalue weighted by Crippen LogP contribution is -2.22. The molecule has 0 aliphatic heterocycles. The molecule has 0 amide bonds. The first-order valence-corrected chi connectivity index (χ1v) is 7.18. The molecule has 0 bridgehead atoms. The van der Waals surface area contributed by atoms with Gasteiger partial charge in [0.2, 0.25) is 0 Å². The number of carbonyl (C=O) groups excluding carboxylic acids is 1. The van der Waals surface area contributed by atoms with Crippen LogP contribution in [-0.4, -0.2) is 51.7 Å². The smallest absolute Gasteiger partial charge is 0.340 e. The van der Waals surface area contributed by atoms with E-state index in [9.17, 15) is 9.59 Å². The molecule has 6 N–H and O–H groups in total. The number of benzene rings is 2. The molecule has 8 nitrogen and oxygen atoms in total. The van der Waals surface area contributed by atoms with E-state index in [2.05, 4.69) is 0 Å². The van der Waals surface area contributed by atoms with Gasteiger partial charge in [-0.25, -0.2) is 9.59 Å². The fourth-order valence-corrected chi connectivity index (χ4v) is 1.64. The van der Waals surface area contributed by atoms with Crippen LogP contribution in [0, 0.1) is 0 Å². The first-order chi connectivity index (χ1) is 11.9. The molecular weight excluding hydrogens is 330 g/mol. The number of carbonyl (C=O) groups is 2. The van der Waals surface area contributed by atoms with Gasteiger partial charge in [-0.1, -0.05) is 24.3 Å². The molecule has 0 saturated heterocycles. The van der Waals surface area contributed by atoms with Crippen molar-refractivity contribution in [1.82, 2.24) is 0 Å². The number of aromatic carboxylic acids is 1. The third-order valence-electron chi connectivity index (χ3n) is 2.93. The second-order valence-electron chi connectivity index (χ2n) is 4.84. The Morgan fingerprint density at radius 3 is 2.08 bits per heavy atom. The molecule has 2 aromatic rings. The van der Waals surface area contributed by atoms with Crippen molar-refractivity contribution >= 4 is 17.6 Å². The molecule has 2 aromatic carbocycles. The quantitative estimate of drug-likeness (QED) is 0.394. The van der Waals surface area contributed by atoms with E-state index in [4.69, 9.17) is 30.9 Å². The summed E-state index contributed by atoms with van der Waals surface area (Å²) in [6.45, 7) is -0.693. The lowest BCUT2D eigenvalue weighted by molar-refractivity contribution is 0.00940. The Labute approximate surface area is 143 Å². The van der Waals surface area contributed by atoms with Crippen LogP contribution in [0.25, 0.3) is 0 Å². The van der Waals surface area contributed by atoms with E-state index in [1.807, 2.05) is 0 Å². The van der Waals surface area contributed by atoms with Crippen LogP contribution >= 0.6 is 0 Å². The molecule has 0 fully saturated rings. The lowest BCUT2D eigenvalue weighted by Gasteiger charge is -2.09. The van der Waals surface area contributed by atoms with Gasteiger partial charge in [0.15, 0.2) is 0 Å². The average Bonchev–Trinajstić information content (AvgIpc) is 2.60. The number of nitrogens with two attached hydrogens (primary N) is 1. The van der Waals surface area contributed by atoms with Crippen LogP contribution in [0.1, 0.15) is 20.7 Å². The molecule has 2 rings (SSSR count). The second-order valence-corrected chi connectivity index (χ2v) is 4.84. The number of aliphatic hydroxyl groups is 2. The number of aromatic hydroxyl groups is 1. The Kier molecular flexibility index (Phi) is 7.91. The van der Waals surface area contributed by atoms with Crippen molar-refractivity contribution in [3.8, 4) is 5.75 Å².